The molecule has 1 aromatic heterocycles. The van der Waals surface area contributed by atoms with Gasteiger partial charge in [-0.2, -0.15) is 0 Å². The second-order valence-corrected chi connectivity index (χ2v) is 9.64. The van der Waals surface area contributed by atoms with E-state index in [-0.39, 0.29) is 0 Å². The van der Waals surface area contributed by atoms with E-state index >= 15 is 0 Å². The summed E-state index contributed by atoms with van der Waals surface area (Å²) in [6.07, 6.45) is 3.00. The smallest absolute Gasteiger partial charge is 0.272 e. The molecule has 144 valence electrons. The van der Waals surface area contributed by atoms with Crippen molar-refractivity contribution >= 4 is 32.4 Å². The topological polar surface area (TPSA) is 80.5 Å². The third-order valence-electron chi connectivity index (χ3n) is 5.93. The monoisotopic (exact) mass is 396 g/mol. The van der Waals surface area contributed by atoms with Gasteiger partial charge in [0.1, 0.15) is 5.76 Å². The summed E-state index contributed by atoms with van der Waals surface area (Å²) in [4.78, 5) is 13.1. The molecular formula is C21H20N2O4S. The highest BCUT2D eigenvalue weighted by Gasteiger charge is 2.43. The van der Waals surface area contributed by atoms with Gasteiger partial charge in [-0.3, -0.25) is 4.79 Å². The van der Waals surface area contributed by atoms with E-state index in [4.69, 9.17) is 4.52 Å². The fourth-order valence-corrected chi connectivity index (χ4v) is 6.61. The molecule has 0 unspecified atom stereocenters. The first-order chi connectivity index (χ1) is 13.4. The molecule has 1 aliphatic carbocycles. The minimum atomic E-state index is -3.73. The molecule has 7 heteroatoms. The molecule has 1 amide bonds. The summed E-state index contributed by atoms with van der Waals surface area (Å²) in [6.45, 7) is 3.72. The van der Waals surface area contributed by atoms with Crippen molar-refractivity contribution in [3.8, 4) is 11.1 Å². The minimum Gasteiger partial charge on any atom is -0.361 e. The maximum absolute atomic E-state index is 13.3. The van der Waals surface area contributed by atoms with Crippen LogP contribution in [0.1, 0.15) is 47.5 Å². The van der Waals surface area contributed by atoms with Crippen LogP contribution >= 0.6 is 0 Å². The number of carbonyl (C=O) groups is 1. The Morgan fingerprint density at radius 3 is 2.50 bits per heavy atom. The zero-order valence-corrected chi connectivity index (χ0v) is 16.5. The Kier molecular flexibility index (Phi) is 3.68. The van der Waals surface area contributed by atoms with Crippen molar-refractivity contribution < 1.29 is 17.7 Å². The lowest BCUT2D eigenvalue weighted by atomic mass is 9.95. The van der Waals surface area contributed by atoms with Gasteiger partial charge in [-0.15, -0.1) is 0 Å². The van der Waals surface area contributed by atoms with E-state index in [0.29, 0.717) is 35.2 Å². The Labute approximate surface area is 163 Å². The van der Waals surface area contributed by atoms with Crippen LogP contribution in [0.3, 0.4) is 0 Å². The highest BCUT2D eigenvalue weighted by molar-refractivity contribution is 7.94. The number of aromatic nitrogens is 1. The molecule has 0 saturated heterocycles. The highest BCUT2D eigenvalue weighted by Crippen LogP contribution is 2.45. The number of nitrogens with zero attached hydrogens (tertiary/aromatic N) is 2. The van der Waals surface area contributed by atoms with Gasteiger partial charge < -0.3 is 4.52 Å². The molecule has 6 nitrogen and oxygen atoms in total. The third-order valence-corrected chi connectivity index (χ3v) is 8.12. The largest absolute Gasteiger partial charge is 0.361 e. The number of aryl methyl sites for hydroxylation is 2. The molecule has 0 N–H and O–H groups in total. The fraction of sp³-hybridized carbons (Fsp3) is 0.333. The van der Waals surface area contributed by atoms with Crippen molar-refractivity contribution in [2.24, 2.45) is 0 Å². The van der Waals surface area contributed by atoms with E-state index in [1.807, 2.05) is 26.0 Å². The average Bonchev–Trinajstić information content (AvgIpc) is 3.38. The SMILES string of the molecule is Cc1noc(C)c1-c1ccc2c3c(cccc13)C(=O)N2S(=O)(=O)C1CCCC1. The third kappa shape index (κ3) is 2.22. The number of hydrogen-bond donors (Lipinski definition) is 0. The number of anilines is 1. The van der Waals surface area contributed by atoms with Crippen LogP contribution in [-0.2, 0) is 10.0 Å². The van der Waals surface area contributed by atoms with Crippen molar-refractivity contribution in [1.29, 1.82) is 0 Å². The van der Waals surface area contributed by atoms with Gasteiger partial charge in [0.2, 0.25) is 10.0 Å². The lowest BCUT2D eigenvalue weighted by Crippen LogP contribution is -2.39. The number of rotatable bonds is 3. The minimum absolute atomic E-state index is 0.433. The Hall–Kier alpha value is -2.67. The first-order valence-electron chi connectivity index (χ1n) is 9.48. The van der Waals surface area contributed by atoms with E-state index in [1.165, 1.54) is 0 Å². The lowest BCUT2D eigenvalue weighted by Gasteiger charge is -2.22. The van der Waals surface area contributed by atoms with Gasteiger partial charge in [-0.1, -0.05) is 36.2 Å². The van der Waals surface area contributed by atoms with Gasteiger partial charge in [-0.05, 0) is 49.8 Å². The lowest BCUT2D eigenvalue weighted by molar-refractivity contribution is 0.101. The molecule has 2 heterocycles. The maximum atomic E-state index is 13.3. The van der Waals surface area contributed by atoms with Crippen LogP contribution in [0.5, 0.6) is 0 Å². The Morgan fingerprint density at radius 1 is 1.07 bits per heavy atom. The second kappa shape index (κ2) is 5.91. The first kappa shape index (κ1) is 17.4. The van der Waals surface area contributed by atoms with Crippen LogP contribution < -0.4 is 4.31 Å². The molecule has 0 atom stereocenters. The second-order valence-electron chi connectivity index (χ2n) is 7.58. The molecule has 28 heavy (non-hydrogen) atoms. The van der Waals surface area contributed by atoms with E-state index < -0.39 is 21.2 Å². The van der Waals surface area contributed by atoms with E-state index in [0.717, 1.165) is 39.4 Å². The van der Waals surface area contributed by atoms with Gasteiger partial charge in [0, 0.05) is 10.9 Å². The molecule has 1 saturated carbocycles. The molecule has 0 bridgehead atoms. The van der Waals surface area contributed by atoms with E-state index in [9.17, 15) is 13.2 Å². The van der Waals surface area contributed by atoms with Crippen LogP contribution in [0, 0.1) is 13.8 Å². The number of benzene rings is 2. The van der Waals surface area contributed by atoms with E-state index in [1.54, 1.807) is 18.2 Å². The van der Waals surface area contributed by atoms with Crippen molar-refractivity contribution in [3.05, 3.63) is 47.3 Å². The number of sulfonamides is 1. The summed E-state index contributed by atoms with van der Waals surface area (Å²) in [5.74, 6) is 0.237. The van der Waals surface area contributed by atoms with Crippen LogP contribution in [0.25, 0.3) is 21.9 Å². The van der Waals surface area contributed by atoms with Gasteiger partial charge in [0.25, 0.3) is 5.91 Å². The summed E-state index contributed by atoms with van der Waals surface area (Å²) >= 11 is 0. The zero-order valence-electron chi connectivity index (χ0n) is 15.7. The normalized spacial score (nSPS) is 17.2. The molecule has 2 aromatic carbocycles. The Balaban J connectivity index is 1.76. The molecule has 5 rings (SSSR count). The van der Waals surface area contributed by atoms with Crippen LogP contribution in [-0.4, -0.2) is 24.7 Å². The Morgan fingerprint density at radius 2 is 1.82 bits per heavy atom. The van der Waals surface area contributed by atoms with Gasteiger partial charge in [0.05, 0.1) is 22.2 Å². The highest BCUT2D eigenvalue weighted by atomic mass is 32.2. The maximum Gasteiger partial charge on any atom is 0.272 e. The Bertz CT molecular complexity index is 1220. The predicted octanol–water partition coefficient (Wildman–Crippen LogP) is 4.34. The molecule has 0 radical (unpaired) electrons. The van der Waals surface area contributed by atoms with Crippen molar-refractivity contribution in [3.63, 3.8) is 0 Å². The van der Waals surface area contributed by atoms with Gasteiger partial charge in [-0.25, -0.2) is 12.7 Å². The summed E-state index contributed by atoms with van der Waals surface area (Å²) in [7, 11) is -3.73. The summed E-state index contributed by atoms with van der Waals surface area (Å²) < 4.78 is 32.9. The number of carbonyl (C=O) groups excluding carboxylic acids is 1. The molecule has 3 aromatic rings. The summed E-state index contributed by atoms with van der Waals surface area (Å²) in [6, 6.07) is 9.03. The standard InChI is InChI=1S/C21H20N2O4S/c1-12-19(13(2)27-22-12)16-10-11-18-20-15(16)8-5-9-17(20)21(24)23(18)28(25,26)14-6-3-4-7-14/h5,8-11,14H,3-4,6-7H2,1-2H3. The van der Waals surface area contributed by atoms with Crippen molar-refractivity contribution in [2.75, 3.05) is 4.31 Å². The van der Waals surface area contributed by atoms with Gasteiger partial charge >= 0.3 is 0 Å². The molecule has 1 fully saturated rings. The molecule has 1 aliphatic heterocycles. The van der Waals surface area contributed by atoms with Crippen molar-refractivity contribution in [1.82, 2.24) is 5.16 Å². The van der Waals surface area contributed by atoms with Crippen molar-refractivity contribution in [2.45, 2.75) is 44.8 Å². The predicted molar refractivity (Wildman–Crippen MR) is 107 cm³/mol. The summed E-state index contributed by atoms with van der Waals surface area (Å²) in [5, 5.41) is 5.07. The molecule has 0 spiro atoms. The van der Waals surface area contributed by atoms with Crippen LogP contribution in [0.4, 0.5) is 5.69 Å². The van der Waals surface area contributed by atoms with Crippen LogP contribution in [0.15, 0.2) is 34.9 Å². The fourth-order valence-electron chi connectivity index (χ4n) is 4.63. The van der Waals surface area contributed by atoms with Gasteiger partial charge in [0.15, 0.2) is 0 Å². The number of amides is 1. The molecule has 2 aliphatic rings. The first-order valence-corrected chi connectivity index (χ1v) is 11.0. The van der Waals surface area contributed by atoms with Crippen LogP contribution in [0.2, 0.25) is 0 Å². The molecular weight excluding hydrogens is 376 g/mol. The van der Waals surface area contributed by atoms with E-state index in [2.05, 4.69) is 5.16 Å². The average molecular weight is 396 g/mol. The quantitative estimate of drug-likeness (QED) is 0.658. The number of hydrogen-bond acceptors (Lipinski definition) is 5. The zero-order chi connectivity index (χ0) is 19.6. The summed E-state index contributed by atoms with van der Waals surface area (Å²) in [5.41, 5.74) is 3.43.